The Labute approximate surface area is 136 Å². The fourth-order valence-electron chi connectivity index (χ4n) is 6.45. The summed E-state index contributed by atoms with van der Waals surface area (Å²) in [5.41, 5.74) is 4.39. The third-order valence-corrected chi connectivity index (χ3v) is 7.27. The smallest absolute Gasteiger partial charge is 0.160 e. The van der Waals surface area contributed by atoms with E-state index in [-0.39, 0.29) is 17.4 Å². The van der Waals surface area contributed by atoms with Gasteiger partial charge in [-0.15, -0.1) is 0 Å². The molecule has 120 valence electrons. The van der Waals surface area contributed by atoms with Crippen molar-refractivity contribution in [2.75, 3.05) is 25.0 Å². The largest absolute Gasteiger partial charge is 0.381 e. The summed E-state index contributed by atoms with van der Waals surface area (Å²) in [5.74, 6) is 0.624. The lowest BCUT2D eigenvalue weighted by Crippen LogP contribution is -2.64. The first-order valence-electron chi connectivity index (χ1n) is 8.88. The number of ether oxygens (including phenoxy) is 1. The molecule has 4 nitrogen and oxygen atoms in total. The van der Waals surface area contributed by atoms with Crippen LogP contribution >= 0.6 is 0 Å². The van der Waals surface area contributed by atoms with Crippen molar-refractivity contribution in [1.82, 2.24) is 4.90 Å². The zero-order valence-electron chi connectivity index (χ0n) is 13.1. The summed E-state index contributed by atoms with van der Waals surface area (Å²) in [4.78, 5) is 2.69. The van der Waals surface area contributed by atoms with Gasteiger partial charge >= 0.3 is 0 Å². The summed E-state index contributed by atoms with van der Waals surface area (Å²) in [6, 6.07) is 9.68. The van der Waals surface area contributed by atoms with Gasteiger partial charge in [-0.2, -0.15) is 0 Å². The van der Waals surface area contributed by atoms with E-state index in [1.165, 1.54) is 36.2 Å². The Bertz CT molecular complexity index is 717. The minimum absolute atomic E-state index is 0.151. The molecule has 23 heavy (non-hydrogen) atoms. The van der Waals surface area contributed by atoms with Crippen LogP contribution in [0.1, 0.15) is 18.4 Å². The molecule has 0 aromatic heterocycles. The highest BCUT2D eigenvalue weighted by atomic mass is 16.6. The fraction of sp³-hybridized carbons (Fsp3) is 0.579. The Morgan fingerprint density at radius 3 is 3.17 bits per heavy atom. The zero-order valence-corrected chi connectivity index (χ0v) is 13.1. The van der Waals surface area contributed by atoms with Crippen LogP contribution in [0.5, 0.6) is 0 Å². The van der Waals surface area contributed by atoms with Crippen LogP contribution in [-0.4, -0.2) is 48.1 Å². The van der Waals surface area contributed by atoms with E-state index in [0.29, 0.717) is 18.6 Å². The fourth-order valence-corrected chi connectivity index (χ4v) is 6.45. The molecular formula is C19H22N2O2. The monoisotopic (exact) mass is 310 g/mol. The Morgan fingerprint density at radius 2 is 2.22 bits per heavy atom. The minimum Gasteiger partial charge on any atom is -0.381 e. The lowest BCUT2D eigenvalue weighted by atomic mass is 9.55. The molecule has 2 N–H and O–H groups in total. The highest BCUT2D eigenvalue weighted by Gasteiger charge is 2.66. The van der Waals surface area contributed by atoms with Crippen molar-refractivity contribution in [1.29, 1.82) is 0 Å². The maximum atomic E-state index is 10.8. The molecule has 1 saturated carbocycles. The van der Waals surface area contributed by atoms with E-state index < -0.39 is 6.29 Å². The van der Waals surface area contributed by atoms with Gasteiger partial charge in [-0.3, -0.25) is 4.90 Å². The number of fused-ring (bicyclic) bond motifs is 2. The van der Waals surface area contributed by atoms with Crippen LogP contribution in [0.15, 0.2) is 35.9 Å². The van der Waals surface area contributed by atoms with Crippen LogP contribution in [0.2, 0.25) is 0 Å². The van der Waals surface area contributed by atoms with Crippen LogP contribution in [0, 0.1) is 11.8 Å². The molecular weight excluding hydrogens is 288 g/mol. The maximum absolute atomic E-state index is 10.8. The van der Waals surface area contributed by atoms with Gasteiger partial charge in [0.15, 0.2) is 6.29 Å². The number of rotatable bonds is 0. The molecule has 4 heterocycles. The topological polar surface area (TPSA) is 44.7 Å². The van der Waals surface area contributed by atoms with Gasteiger partial charge in [-0.25, -0.2) is 0 Å². The number of anilines is 1. The number of hydrogen-bond acceptors (Lipinski definition) is 4. The Morgan fingerprint density at radius 1 is 1.30 bits per heavy atom. The lowest BCUT2D eigenvalue weighted by molar-refractivity contribution is -0.152. The molecule has 0 amide bonds. The summed E-state index contributed by atoms with van der Waals surface area (Å²) >= 11 is 0. The summed E-state index contributed by atoms with van der Waals surface area (Å²) in [6.07, 6.45) is 3.93. The minimum atomic E-state index is -0.662. The molecule has 3 fully saturated rings. The average molecular weight is 310 g/mol. The second kappa shape index (κ2) is 4.18. The molecule has 5 aliphatic rings. The third kappa shape index (κ3) is 1.40. The maximum Gasteiger partial charge on any atom is 0.160 e. The molecule has 4 heteroatoms. The summed E-state index contributed by atoms with van der Waals surface area (Å²) < 4.78 is 5.75. The molecule has 0 radical (unpaired) electrons. The summed E-state index contributed by atoms with van der Waals surface area (Å²) in [5, 5.41) is 14.6. The van der Waals surface area contributed by atoms with Crippen molar-refractivity contribution >= 4 is 5.69 Å². The van der Waals surface area contributed by atoms with Crippen molar-refractivity contribution < 1.29 is 9.84 Å². The predicted octanol–water partition coefficient (Wildman–Crippen LogP) is 1.72. The van der Waals surface area contributed by atoms with E-state index in [0.717, 1.165) is 6.54 Å². The first-order valence-corrected chi connectivity index (χ1v) is 8.88. The van der Waals surface area contributed by atoms with Crippen molar-refractivity contribution in [3.63, 3.8) is 0 Å². The van der Waals surface area contributed by atoms with Gasteiger partial charge in [0.2, 0.25) is 0 Å². The van der Waals surface area contributed by atoms with Gasteiger partial charge in [0.1, 0.15) is 0 Å². The van der Waals surface area contributed by atoms with Crippen LogP contribution in [0.25, 0.3) is 0 Å². The quantitative estimate of drug-likeness (QED) is 0.716. The highest BCUT2D eigenvalue weighted by molar-refractivity contribution is 5.65. The molecule has 6 rings (SSSR count). The van der Waals surface area contributed by atoms with Gasteiger partial charge in [-0.05, 0) is 36.9 Å². The average Bonchev–Trinajstić information content (AvgIpc) is 3.06. The van der Waals surface area contributed by atoms with Crippen molar-refractivity contribution in [2.45, 2.75) is 36.6 Å². The van der Waals surface area contributed by atoms with E-state index in [1.54, 1.807) is 0 Å². The number of nitrogens with one attached hydrogen (secondary N) is 1. The van der Waals surface area contributed by atoms with Gasteiger partial charge in [0.25, 0.3) is 0 Å². The van der Waals surface area contributed by atoms with E-state index in [9.17, 15) is 5.11 Å². The highest BCUT2D eigenvalue weighted by Crippen LogP contribution is 2.62. The van der Waals surface area contributed by atoms with Crippen LogP contribution < -0.4 is 5.32 Å². The van der Waals surface area contributed by atoms with Crippen molar-refractivity contribution in [3.05, 3.63) is 41.5 Å². The number of aliphatic hydroxyl groups is 1. The number of nitrogens with zero attached hydrogens (tertiary/aromatic N) is 1. The van der Waals surface area contributed by atoms with E-state index in [1.807, 2.05) is 0 Å². The van der Waals surface area contributed by atoms with Gasteiger partial charge < -0.3 is 15.2 Å². The zero-order chi connectivity index (χ0) is 15.2. The van der Waals surface area contributed by atoms with Crippen molar-refractivity contribution in [2.24, 2.45) is 11.8 Å². The second-order valence-electron chi connectivity index (χ2n) is 7.87. The molecule has 1 aliphatic carbocycles. The van der Waals surface area contributed by atoms with E-state index >= 15 is 0 Å². The van der Waals surface area contributed by atoms with Crippen molar-refractivity contribution in [3.8, 4) is 0 Å². The molecule has 6 atom stereocenters. The summed E-state index contributed by atoms with van der Waals surface area (Å²) in [6.45, 7) is 2.79. The second-order valence-corrected chi connectivity index (χ2v) is 7.87. The van der Waals surface area contributed by atoms with Crippen LogP contribution in [0.4, 0.5) is 5.69 Å². The number of aliphatic hydroxyl groups excluding tert-OH is 1. The Balaban J connectivity index is 1.59. The van der Waals surface area contributed by atoms with Crippen LogP contribution in [0.3, 0.4) is 0 Å². The molecule has 0 unspecified atom stereocenters. The Hall–Kier alpha value is -1.36. The number of piperidine rings is 1. The van der Waals surface area contributed by atoms with Gasteiger partial charge in [0, 0.05) is 35.6 Å². The molecule has 4 aliphatic heterocycles. The number of hydrogen-bond donors (Lipinski definition) is 2. The van der Waals surface area contributed by atoms with Crippen LogP contribution in [-0.2, 0) is 10.2 Å². The van der Waals surface area contributed by atoms with E-state index in [4.69, 9.17) is 4.74 Å². The third-order valence-electron chi connectivity index (χ3n) is 7.27. The normalized spacial score (nSPS) is 46.5. The summed E-state index contributed by atoms with van der Waals surface area (Å²) in [7, 11) is 0. The lowest BCUT2D eigenvalue weighted by Gasteiger charge is -2.55. The first kappa shape index (κ1) is 13.0. The molecule has 2 saturated heterocycles. The van der Waals surface area contributed by atoms with E-state index in [2.05, 4.69) is 40.6 Å². The first-order chi connectivity index (χ1) is 11.3. The standard InChI is InChI=1S/C19H22N2O2/c22-18-16-12-9-15-19(6-7-21(15)10-11(12)5-8-23-18)13-3-1-2-4-14(13)20-17(16)19/h1-5,12,15-18,20,22H,6-10H2/t12-,15+,16+,17-,18+,19+/m0/s1. The van der Waals surface area contributed by atoms with Gasteiger partial charge in [0.05, 0.1) is 6.61 Å². The van der Waals surface area contributed by atoms with Gasteiger partial charge in [-0.1, -0.05) is 29.8 Å². The number of benzene rings is 1. The number of para-hydroxylation sites is 1. The SMILES string of the molecule is O[C@@H]1OCC=C2CN3CC[C@]45c6ccccc6N[C@H]4[C@H]1[C@H]2C[C@@H]35. The Kier molecular flexibility index (Phi) is 2.36. The molecule has 2 bridgehead atoms. The molecule has 1 spiro atoms. The molecule has 1 aromatic rings. The predicted molar refractivity (Wildman–Crippen MR) is 87.1 cm³/mol. The molecule has 1 aromatic carbocycles.